The van der Waals surface area contributed by atoms with Crippen LogP contribution in [0.2, 0.25) is 0 Å². The average molecular weight is 269 g/mol. The third-order valence-corrected chi connectivity index (χ3v) is 3.97. The van der Waals surface area contributed by atoms with Crippen LogP contribution in [0.1, 0.15) is 29.7 Å². The lowest BCUT2D eigenvalue weighted by Gasteiger charge is -2.12. The molecule has 3 heteroatoms. The lowest BCUT2D eigenvalue weighted by molar-refractivity contribution is 0.196. The van der Waals surface area contributed by atoms with Crippen molar-refractivity contribution in [3.63, 3.8) is 0 Å². The summed E-state index contributed by atoms with van der Waals surface area (Å²) in [7, 11) is 0. The molecule has 2 aromatic rings. The molecule has 0 unspecified atom stereocenters. The fourth-order valence-corrected chi connectivity index (χ4v) is 2.94. The first kappa shape index (κ1) is 13.7. The van der Waals surface area contributed by atoms with Gasteiger partial charge >= 0.3 is 0 Å². The molecule has 19 heavy (non-hydrogen) atoms. The van der Waals surface area contributed by atoms with Crippen LogP contribution < -0.4 is 0 Å². The van der Waals surface area contributed by atoms with E-state index in [-0.39, 0.29) is 0 Å². The summed E-state index contributed by atoms with van der Waals surface area (Å²) in [5.41, 5.74) is 2.73. The van der Waals surface area contributed by atoms with Crippen LogP contribution in [0.15, 0.2) is 53.4 Å². The van der Waals surface area contributed by atoms with E-state index in [9.17, 15) is 5.11 Å². The van der Waals surface area contributed by atoms with E-state index in [1.165, 1.54) is 5.56 Å². The number of nitrogens with zero attached hydrogens (tertiary/aromatic N) is 1. The number of aliphatic hydroxyl groups is 1. The van der Waals surface area contributed by atoms with Crippen molar-refractivity contribution in [2.45, 2.75) is 23.7 Å². The Hall–Kier alpha value is -1.76. The van der Waals surface area contributed by atoms with Crippen LogP contribution in [-0.2, 0) is 5.75 Å². The molecule has 0 aliphatic rings. The van der Waals surface area contributed by atoms with E-state index in [1.807, 2.05) is 30.3 Å². The normalized spacial score (nSPS) is 11.8. The van der Waals surface area contributed by atoms with Gasteiger partial charge in [0.15, 0.2) is 0 Å². The summed E-state index contributed by atoms with van der Waals surface area (Å²) in [5.74, 6) is 0.829. The molecule has 1 atom stereocenters. The number of thioether (sulfide) groups is 1. The smallest absolute Gasteiger partial charge is 0.0992 e. The summed E-state index contributed by atoms with van der Waals surface area (Å²) in [6.45, 7) is 1.74. The molecule has 2 nitrogen and oxygen atoms in total. The van der Waals surface area contributed by atoms with Crippen LogP contribution >= 0.6 is 11.8 Å². The molecule has 0 saturated carbocycles. The molecule has 0 aromatic heterocycles. The number of aliphatic hydroxyl groups excluding tert-OH is 1. The van der Waals surface area contributed by atoms with Crippen molar-refractivity contribution in [2.24, 2.45) is 0 Å². The van der Waals surface area contributed by atoms with Gasteiger partial charge in [-0.05, 0) is 30.2 Å². The number of nitriles is 1. The molecular weight excluding hydrogens is 254 g/mol. The molecule has 1 N–H and O–H groups in total. The first-order chi connectivity index (χ1) is 9.20. The number of hydrogen-bond donors (Lipinski definition) is 1. The first-order valence-corrected chi connectivity index (χ1v) is 7.08. The standard InChI is InChI=1S/C16H15NOS/c1-12(18)15-8-7-14(10-17)9-16(15)19-11-13-5-3-2-4-6-13/h2-9,12,18H,11H2,1H3/t12-/m1/s1. The van der Waals surface area contributed by atoms with Gasteiger partial charge in [0.2, 0.25) is 0 Å². The van der Waals surface area contributed by atoms with Crippen molar-refractivity contribution >= 4 is 11.8 Å². The number of benzene rings is 2. The van der Waals surface area contributed by atoms with E-state index in [0.29, 0.717) is 5.56 Å². The number of hydrogen-bond acceptors (Lipinski definition) is 3. The minimum Gasteiger partial charge on any atom is -0.389 e. The SMILES string of the molecule is C[C@@H](O)c1ccc(C#N)cc1SCc1ccccc1. The molecule has 0 radical (unpaired) electrons. The largest absolute Gasteiger partial charge is 0.389 e. The molecule has 0 saturated heterocycles. The summed E-state index contributed by atoms with van der Waals surface area (Å²) in [6, 6.07) is 17.7. The van der Waals surface area contributed by atoms with Crippen LogP contribution in [0.5, 0.6) is 0 Å². The van der Waals surface area contributed by atoms with Crippen LogP contribution in [0.3, 0.4) is 0 Å². The van der Waals surface area contributed by atoms with E-state index in [2.05, 4.69) is 18.2 Å². The maximum atomic E-state index is 9.77. The van der Waals surface area contributed by atoms with Gasteiger partial charge in [0.25, 0.3) is 0 Å². The van der Waals surface area contributed by atoms with Gasteiger partial charge in [0, 0.05) is 10.6 Å². The molecular formula is C16H15NOS. The summed E-state index contributed by atoms with van der Waals surface area (Å²) in [6.07, 6.45) is -0.522. The zero-order valence-electron chi connectivity index (χ0n) is 10.7. The van der Waals surface area contributed by atoms with Crippen molar-refractivity contribution in [1.82, 2.24) is 0 Å². The van der Waals surface area contributed by atoms with Crippen LogP contribution in [-0.4, -0.2) is 5.11 Å². The van der Waals surface area contributed by atoms with Gasteiger partial charge in [0.1, 0.15) is 0 Å². The molecule has 0 spiro atoms. The molecule has 0 fully saturated rings. The Bertz CT molecular complexity index is 587. The van der Waals surface area contributed by atoms with Crippen molar-refractivity contribution < 1.29 is 5.11 Å². The molecule has 2 rings (SSSR count). The Morgan fingerprint density at radius 2 is 1.95 bits per heavy atom. The van der Waals surface area contributed by atoms with E-state index < -0.39 is 6.10 Å². The first-order valence-electron chi connectivity index (χ1n) is 6.09. The van der Waals surface area contributed by atoms with Gasteiger partial charge in [0.05, 0.1) is 17.7 Å². The fourth-order valence-electron chi connectivity index (χ4n) is 1.81. The van der Waals surface area contributed by atoms with Crippen molar-refractivity contribution in [2.75, 3.05) is 0 Å². The van der Waals surface area contributed by atoms with Crippen LogP contribution in [0.25, 0.3) is 0 Å². The fraction of sp³-hybridized carbons (Fsp3) is 0.188. The lowest BCUT2D eigenvalue weighted by atomic mass is 10.1. The van der Waals surface area contributed by atoms with Gasteiger partial charge in [-0.1, -0.05) is 36.4 Å². The second kappa shape index (κ2) is 6.42. The molecule has 96 valence electrons. The van der Waals surface area contributed by atoms with Crippen molar-refractivity contribution in [3.8, 4) is 6.07 Å². The molecule has 0 bridgehead atoms. The molecule has 0 amide bonds. The Kier molecular flexibility index (Phi) is 4.62. The average Bonchev–Trinajstić information content (AvgIpc) is 2.45. The van der Waals surface area contributed by atoms with Crippen LogP contribution in [0, 0.1) is 11.3 Å². The Balaban J connectivity index is 2.21. The highest BCUT2D eigenvalue weighted by molar-refractivity contribution is 7.98. The van der Waals surface area contributed by atoms with Gasteiger partial charge in [-0.2, -0.15) is 5.26 Å². The maximum Gasteiger partial charge on any atom is 0.0992 e. The van der Waals surface area contributed by atoms with E-state index >= 15 is 0 Å². The summed E-state index contributed by atoms with van der Waals surface area (Å²) >= 11 is 1.65. The predicted octanol–water partition coefficient (Wildman–Crippen LogP) is 3.90. The summed E-state index contributed by atoms with van der Waals surface area (Å²) in [4.78, 5) is 0.970. The Labute approximate surface area is 117 Å². The Morgan fingerprint density at radius 3 is 2.58 bits per heavy atom. The van der Waals surface area contributed by atoms with Crippen LogP contribution in [0.4, 0.5) is 0 Å². The maximum absolute atomic E-state index is 9.77. The molecule has 0 heterocycles. The third-order valence-electron chi connectivity index (χ3n) is 2.83. The number of rotatable bonds is 4. The van der Waals surface area contributed by atoms with E-state index in [4.69, 9.17) is 5.26 Å². The monoisotopic (exact) mass is 269 g/mol. The highest BCUT2D eigenvalue weighted by Crippen LogP contribution is 2.30. The molecule has 0 aliphatic heterocycles. The third kappa shape index (κ3) is 3.60. The zero-order chi connectivity index (χ0) is 13.7. The lowest BCUT2D eigenvalue weighted by Crippen LogP contribution is -1.95. The van der Waals surface area contributed by atoms with Gasteiger partial charge in [-0.3, -0.25) is 0 Å². The second-order valence-corrected chi connectivity index (χ2v) is 5.33. The zero-order valence-corrected chi connectivity index (χ0v) is 11.5. The van der Waals surface area contributed by atoms with E-state index in [0.717, 1.165) is 16.2 Å². The highest BCUT2D eigenvalue weighted by Gasteiger charge is 2.09. The molecule has 2 aromatic carbocycles. The topological polar surface area (TPSA) is 44.0 Å². The minimum atomic E-state index is -0.522. The highest BCUT2D eigenvalue weighted by atomic mass is 32.2. The van der Waals surface area contributed by atoms with Crippen molar-refractivity contribution in [1.29, 1.82) is 5.26 Å². The quantitative estimate of drug-likeness (QED) is 0.856. The van der Waals surface area contributed by atoms with Gasteiger partial charge in [-0.25, -0.2) is 0 Å². The molecule has 0 aliphatic carbocycles. The Morgan fingerprint density at radius 1 is 1.21 bits per heavy atom. The van der Waals surface area contributed by atoms with Gasteiger partial charge in [-0.15, -0.1) is 11.8 Å². The predicted molar refractivity (Wildman–Crippen MR) is 77.8 cm³/mol. The van der Waals surface area contributed by atoms with Crippen molar-refractivity contribution in [3.05, 3.63) is 65.2 Å². The summed E-state index contributed by atoms with van der Waals surface area (Å²) < 4.78 is 0. The second-order valence-electron chi connectivity index (χ2n) is 4.31. The summed E-state index contributed by atoms with van der Waals surface area (Å²) in [5, 5.41) is 18.7. The van der Waals surface area contributed by atoms with Gasteiger partial charge < -0.3 is 5.11 Å². The van der Waals surface area contributed by atoms with E-state index in [1.54, 1.807) is 24.8 Å². The minimum absolute atomic E-state index is 0.522.